The monoisotopic (exact) mass is 919 g/mol. The van der Waals surface area contributed by atoms with E-state index in [0.717, 1.165) is 38.8 Å². The van der Waals surface area contributed by atoms with Crippen molar-refractivity contribution in [2.45, 2.75) is 104 Å². The summed E-state index contributed by atoms with van der Waals surface area (Å²) >= 11 is 0. The number of rotatable bonds is 30. The SMILES string of the molecule is BOC(=O)[C@H](CC(=O)OCCCC)NC(=O)c1ccc(-c2ccc(C(=O)NCNC(=O)[C@H](CCCCC)[C@@H](CC)N(C=O)OC(=O)c3ccccc3NC)o2)cc1OCC(=O)OCCCC. The van der Waals surface area contributed by atoms with Crippen LogP contribution in [0.15, 0.2) is 59.0 Å². The number of hydroxylamine groups is 2. The van der Waals surface area contributed by atoms with Gasteiger partial charge in [0.1, 0.15) is 17.6 Å². The summed E-state index contributed by atoms with van der Waals surface area (Å²) in [6, 6.07) is 11.5. The molecule has 66 heavy (non-hydrogen) atoms. The standard InChI is InChI=1S/C46H62BN5O14/c1-6-10-13-17-32(36(9-4)52(29-53)66-45(59)31-16-14-15-18-34(31)48-5)42(56)49-28-50-44(58)38-22-21-37(64-38)30-19-20-33(39(25-30)63-27-41(55)62-24-12-8-3)43(57)51-35(46(60)65-47)26-40(54)61-23-11-7-2/h14-16,18-22,25,29,32,35-36,48H,6-13,17,23-24,26-28,47H2,1-5H3,(H,49,56)(H,50,58)(H,51,57)/t32-,35+,36-/m1/s1. The van der Waals surface area contributed by atoms with Crippen LogP contribution in [0.25, 0.3) is 11.3 Å². The number of carbonyl (C=O) groups excluding carboxylic acids is 8. The first-order valence-corrected chi connectivity index (χ1v) is 22.2. The molecule has 3 aromatic rings. The van der Waals surface area contributed by atoms with Crippen molar-refractivity contribution in [1.82, 2.24) is 21.0 Å². The maximum absolute atomic E-state index is 13.7. The quantitative estimate of drug-likeness (QED) is 0.0178. The van der Waals surface area contributed by atoms with E-state index in [1.165, 1.54) is 30.3 Å². The van der Waals surface area contributed by atoms with Crippen LogP contribution in [0.5, 0.6) is 5.75 Å². The Bertz CT molecular complexity index is 2090. The van der Waals surface area contributed by atoms with Crippen molar-refractivity contribution in [3.8, 4) is 17.1 Å². The fourth-order valence-electron chi connectivity index (χ4n) is 6.61. The summed E-state index contributed by atoms with van der Waals surface area (Å²) in [5.41, 5.74) is 0.918. The maximum atomic E-state index is 13.7. The molecule has 0 fully saturated rings. The van der Waals surface area contributed by atoms with Gasteiger partial charge in [-0.15, -0.1) is 0 Å². The number of carbonyl (C=O) groups is 8. The van der Waals surface area contributed by atoms with Crippen molar-refractivity contribution in [3.63, 3.8) is 0 Å². The smallest absolute Gasteiger partial charge is 0.365 e. The van der Waals surface area contributed by atoms with E-state index in [1.807, 2.05) is 20.8 Å². The minimum atomic E-state index is -1.40. The number of hydrogen-bond donors (Lipinski definition) is 4. The molecule has 4 N–H and O–H groups in total. The number of benzene rings is 2. The largest absolute Gasteiger partial charge is 0.542 e. The van der Waals surface area contributed by atoms with Gasteiger partial charge in [0, 0.05) is 18.3 Å². The van der Waals surface area contributed by atoms with Gasteiger partial charge in [-0.1, -0.05) is 78.0 Å². The topological polar surface area (TPSA) is 247 Å². The Morgan fingerprint density at radius 2 is 1.50 bits per heavy atom. The summed E-state index contributed by atoms with van der Waals surface area (Å²) < 4.78 is 26.8. The molecule has 20 heteroatoms. The van der Waals surface area contributed by atoms with Gasteiger partial charge in [-0.05, 0) is 62.1 Å². The summed E-state index contributed by atoms with van der Waals surface area (Å²) in [5.74, 6) is -5.96. The minimum Gasteiger partial charge on any atom is -0.542 e. The molecule has 2 aromatic carbocycles. The van der Waals surface area contributed by atoms with Crippen LogP contribution >= 0.6 is 0 Å². The molecule has 0 aliphatic heterocycles. The van der Waals surface area contributed by atoms with Gasteiger partial charge in [-0.3, -0.25) is 28.8 Å². The zero-order valence-corrected chi connectivity index (χ0v) is 38.6. The van der Waals surface area contributed by atoms with Gasteiger partial charge in [-0.2, -0.15) is 5.06 Å². The lowest BCUT2D eigenvalue weighted by atomic mass is 9.90. The second-order valence-corrected chi connectivity index (χ2v) is 15.0. The Kier molecular flexibility index (Phi) is 23.4. The molecule has 0 unspecified atom stereocenters. The van der Waals surface area contributed by atoms with Gasteiger partial charge < -0.3 is 49.4 Å². The van der Waals surface area contributed by atoms with E-state index in [2.05, 4.69) is 21.3 Å². The lowest BCUT2D eigenvalue weighted by molar-refractivity contribution is -0.171. The summed E-state index contributed by atoms with van der Waals surface area (Å²) in [5, 5.41) is 11.6. The number of nitrogens with zero attached hydrogens (tertiary/aromatic N) is 1. The van der Waals surface area contributed by atoms with Crippen LogP contribution in [0, 0.1) is 5.92 Å². The molecule has 0 saturated heterocycles. The van der Waals surface area contributed by atoms with Crippen LogP contribution in [0.4, 0.5) is 5.69 Å². The third-order valence-corrected chi connectivity index (χ3v) is 10.3. The van der Waals surface area contributed by atoms with Crippen molar-refractivity contribution in [2.24, 2.45) is 5.92 Å². The molecule has 19 nitrogen and oxygen atoms in total. The predicted octanol–water partition coefficient (Wildman–Crippen LogP) is 4.64. The van der Waals surface area contributed by atoms with Crippen molar-refractivity contribution in [1.29, 1.82) is 0 Å². The number of para-hydroxylation sites is 1. The van der Waals surface area contributed by atoms with Crippen LogP contribution in [0.3, 0.4) is 0 Å². The van der Waals surface area contributed by atoms with Crippen LogP contribution in [0.2, 0.25) is 0 Å². The zero-order valence-electron chi connectivity index (χ0n) is 38.6. The Morgan fingerprint density at radius 3 is 2.15 bits per heavy atom. The van der Waals surface area contributed by atoms with Crippen molar-refractivity contribution >= 4 is 61.7 Å². The molecule has 4 amide bonds. The molecular formula is C46H62BN5O14. The maximum Gasteiger partial charge on any atom is 0.365 e. The second-order valence-electron chi connectivity index (χ2n) is 15.0. The first kappa shape index (κ1) is 53.5. The van der Waals surface area contributed by atoms with Gasteiger partial charge >= 0.3 is 31.9 Å². The molecule has 0 radical (unpaired) electrons. The average Bonchev–Trinajstić information content (AvgIpc) is 3.83. The predicted molar refractivity (Wildman–Crippen MR) is 243 cm³/mol. The summed E-state index contributed by atoms with van der Waals surface area (Å²) in [4.78, 5) is 109. The van der Waals surface area contributed by atoms with E-state index in [0.29, 0.717) is 43.3 Å². The molecule has 0 aliphatic rings. The van der Waals surface area contributed by atoms with Crippen LogP contribution in [-0.2, 0) is 42.9 Å². The van der Waals surface area contributed by atoms with Gasteiger partial charge in [-0.25, -0.2) is 9.59 Å². The Labute approximate surface area is 385 Å². The van der Waals surface area contributed by atoms with Crippen LogP contribution < -0.4 is 26.0 Å². The number of furan rings is 1. The summed E-state index contributed by atoms with van der Waals surface area (Å²) in [6.45, 7) is 7.07. The number of anilines is 1. The number of nitrogens with one attached hydrogen (secondary N) is 4. The van der Waals surface area contributed by atoms with E-state index in [-0.39, 0.29) is 54.7 Å². The van der Waals surface area contributed by atoms with E-state index in [4.69, 9.17) is 28.1 Å². The van der Waals surface area contributed by atoms with Crippen LogP contribution in [0.1, 0.15) is 123 Å². The zero-order chi connectivity index (χ0) is 48.4. The van der Waals surface area contributed by atoms with Crippen LogP contribution in [-0.4, -0.2) is 107 Å². The van der Waals surface area contributed by atoms with E-state index < -0.39 is 72.6 Å². The summed E-state index contributed by atoms with van der Waals surface area (Å²) in [7, 11) is 2.76. The first-order chi connectivity index (χ1) is 31.8. The third-order valence-electron chi connectivity index (χ3n) is 10.3. The minimum absolute atomic E-state index is 0.110. The molecule has 0 saturated carbocycles. The molecule has 1 aromatic heterocycles. The normalized spacial score (nSPS) is 12.0. The number of esters is 2. The highest BCUT2D eigenvalue weighted by Gasteiger charge is 2.34. The molecule has 358 valence electrons. The molecule has 3 rings (SSSR count). The Hall–Kier alpha value is -6.86. The van der Waals surface area contributed by atoms with Gasteiger partial charge in [0.15, 0.2) is 12.4 Å². The van der Waals surface area contributed by atoms with Crippen molar-refractivity contribution in [2.75, 3.05) is 38.9 Å². The second kappa shape index (κ2) is 28.8. The van der Waals surface area contributed by atoms with E-state index in [1.54, 1.807) is 38.2 Å². The Morgan fingerprint density at radius 1 is 0.803 bits per heavy atom. The molecule has 0 spiro atoms. The average molecular weight is 920 g/mol. The highest BCUT2D eigenvalue weighted by molar-refractivity contribution is 6.08. The molecular weight excluding hydrogens is 857 g/mol. The number of ether oxygens (including phenoxy) is 3. The van der Waals surface area contributed by atoms with Gasteiger partial charge in [0.2, 0.25) is 12.3 Å². The number of amides is 4. The van der Waals surface area contributed by atoms with Crippen molar-refractivity contribution < 1.29 is 66.5 Å². The number of hydrogen-bond acceptors (Lipinski definition) is 15. The highest BCUT2D eigenvalue weighted by Crippen LogP contribution is 2.30. The highest BCUT2D eigenvalue weighted by atomic mass is 16.7. The lowest BCUT2D eigenvalue weighted by Crippen LogP contribution is -2.49. The fourth-order valence-corrected chi connectivity index (χ4v) is 6.61. The van der Waals surface area contributed by atoms with E-state index in [9.17, 15) is 38.4 Å². The summed E-state index contributed by atoms with van der Waals surface area (Å²) in [6.07, 6.45) is 5.69. The van der Waals surface area contributed by atoms with E-state index >= 15 is 0 Å². The van der Waals surface area contributed by atoms with Gasteiger partial charge in [0.05, 0.1) is 49.4 Å². The van der Waals surface area contributed by atoms with Crippen molar-refractivity contribution in [3.05, 3.63) is 71.5 Å². The molecule has 1 heterocycles. The third kappa shape index (κ3) is 16.6. The number of unbranched alkanes of at least 4 members (excludes halogenated alkanes) is 4. The molecule has 3 atom stereocenters. The van der Waals surface area contributed by atoms with Gasteiger partial charge in [0.25, 0.3) is 11.8 Å². The Balaban J connectivity index is 1.78. The molecule has 0 bridgehead atoms. The first-order valence-electron chi connectivity index (χ1n) is 22.2. The molecule has 0 aliphatic carbocycles. The fraction of sp³-hybridized carbons (Fsp3) is 0.478. The lowest BCUT2D eigenvalue weighted by Gasteiger charge is -2.32.